The number of nitrogens with zero attached hydrogens (tertiary/aromatic N) is 1. The predicted octanol–water partition coefficient (Wildman–Crippen LogP) is 0.449. The molecule has 2 aliphatic rings. The molecule has 19 heavy (non-hydrogen) atoms. The fourth-order valence-corrected chi connectivity index (χ4v) is 2.94. The molecule has 2 aliphatic heterocycles. The van der Waals surface area contributed by atoms with Gasteiger partial charge in [-0.3, -0.25) is 24.7 Å². The summed E-state index contributed by atoms with van der Waals surface area (Å²) in [5.74, 6) is -1.11. The van der Waals surface area contributed by atoms with Crippen LogP contribution in [0.25, 0.3) is 0 Å². The Bertz CT molecular complexity index is 593. The number of hydrogen-bond donors (Lipinski definition) is 2. The summed E-state index contributed by atoms with van der Waals surface area (Å²) in [4.78, 5) is 36.8. The molecule has 1 fully saturated rings. The maximum atomic E-state index is 12.1. The molecule has 96 valence electrons. The molecule has 1 saturated heterocycles. The fraction of sp³-hybridized carbons (Fsp3) is 0.167. The highest BCUT2D eigenvalue weighted by Gasteiger charge is 2.40. The highest BCUT2D eigenvalue weighted by molar-refractivity contribution is 8.15. The molecular formula is C12H9N3O3S. The number of carbonyl (C=O) groups is 3. The van der Waals surface area contributed by atoms with E-state index in [2.05, 4.69) is 5.32 Å². The van der Waals surface area contributed by atoms with Crippen LogP contribution in [0.5, 0.6) is 0 Å². The first kappa shape index (κ1) is 11.9. The van der Waals surface area contributed by atoms with Gasteiger partial charge in [-0.2, -0.15) is 0 Å². The van der Waals surface area contributed by atoms with Crippen LogP contribution in [-0.4, -0.2) is 39.6 Å². The normalized spacial score (nSPS) is 21.9. The number of carbonyl (C=O) groups excluding carboxylic acids is 3. The van der Waals surface area contributed by atoms with Crippen LogP contribution < -0.4 is 5.32 Å². The van der Waals surface area contributed by atoms with Crippen LogP contribution in [0.1, 0.15) is 20.7 Å². The van der Waals surface area contributed by atoms with Gasteiger partial charge in [-0.05, 0) is 12.1 Å². The summed E-state index contributed by atoms with van der Waals surface area (Å²) in [6.07, 6.45) is 0. The number of amidine groups is 1. The minimum absolute atomic E-state index is 0.00870. The number of thioether (sulfide) groups is 1. The lowest BCUT2D eigenvalue weighted by Gasteiger charge is -2.15. The maximum absolute atomic E-state index is 12.1. The molecule has 0 aromatic heterocycles. The van der Waals surface area contributed by atoms with Gasteiger partial charge in [-0.1, -0.05) is 23.9 Å². The molecular weight excluding hydrogens is 266 g/mol. The molecule has 1 aromatic carbocycles. The van der Waals surface area contributed by atoms with E-state index in [4.69, 9.17) is 5.41 Å². The van der Waals surface area contributed by atoms with Crippen LogP contribution in [0.15, 0.2) is 24.3 Å². The van der Waals surface area contributed by atoms with Gasteiger partial charge in [0.25, 0.3) is 11.8 Å². The monoisotopic (exact) mass is 275 g/mol. The van der Waals surface area contributed by atoms with E-state index in [1.54, 1.807) is 24.3 Å². The highest BCUT2D eigenvalue weighted by atomic mass is 32.2. The van der Waals surface area contributed by atoms with Crippen LogP contribution in [0, 0.1) is 5.41 Å². The van der Waals surface area contributed by atoms with E-state index in [0.29, 0.717) is 11.1 Å². The summed E-state index contributed by atoms with van der Waals surface area (Å²) in [5, 5.41) is 9.15. The quantitative estimate of drug-likeness (QED) is 0.767. The van der Waals surface area contributed by atoms with Crippen LogP contribution in [0.4, 0.5) is 0 Å². The number of benzene rings is 1. The van der Waals surface area contributed by atoms with E-state index < -0.39 is 5.25 Å². The Morgan fingerprint density at radius 1 is 1.16 bits per heavy atom. The summed E-state index contributed by atoms with van der Waals surface area (Å²) in [7, 11) is 0. The van der Waals surface area contributed by atoms with E-state index in [1.165, 1.54) is 0 Å². The second kappa shape index (κ2) is 4.20. The van der Waals surface area contributed by atoms with Crippen molar-refractivity contribution >= 4 is 34.7 Å². The third kappa shape index (κ3) is 1.82. The van der Waals surface area contributed by atoms with Crippen molar-refractivity contribution in [2.45, 2.75) is 5.25 Å². The zero-order valence-electron chi connectivity index (χ0n) is 9.67. The van der Waals surface area contributed by atoms with Gasteiger partial charge in [0.05, 0.1) is 17.7 Å². The van der Waals surface area contributed by atoms with Crippen LogP contribution in [-0.2, 0) is 4.79 Å². The second-order valence-electron chi connectivity index (χ2n) is 4.19. The SMILES string of the molecule is N=C1NC(=O)C(CN2C(=O)c3ccccc3C2=O)S1. The highest BCUT2D eigenvalue weighted by Crippen LogP contribution is 2.26. The van der Waals surface area contributed by atoms with E-state index in [9.17, 15) is 14.4 Å². The van der Waals surface area contributed by atoms with Gasteiger partial charge < -0.3 is 5.32 Å². The third-order valence-electron chi connectivity index (χ3n) is 3.02. The van der Waals surface area contributed by atoms with E-state index in [0.717, 1.165) is 16.7 Å². The van der Waals surface area contributed by atoms with Crippen LogP contribution in [0.3, 0.4) is 0 Å². The zero-order valence-corrected chi connectivity index (χ0v) is 10.5. The minimum Gasteiger partial charge on any atom is -0.305 e. The average molecular weight is 275 g/mol. The Morgan fingerprint density at radius 2 is 1.74 bits per heavy atom. The standard InChI is InChI=1S/C12H9N3O3S/c13-12-14-9(16)8(19-12)5-15-10(17)6-3-1-2-4-7(6)11(15)18/h1-4,8H,5H2,(H2,13,14,16). The zero-order chi connectivity index (χ0) is 13.6. The third-order valence-corrected chi connectivity index (χ3v) is 4.00. The van der Waals surface area contributed by atoms with Gasteiger partial charge in [-0.15, -0.1) is 0 Å². The first-order valence-electron chi connectivity index (χ1n) is 5.59. The molecule has 2 heterocycles. The first-order chi connectivity index (χ1) is 9.08. The summed E-state index contributed by atoms with van der Waals surface area (Å²) < 4.78 is 0. The summed E-state index contributed by atoms with van der Waals surface area (Å²) in [6, 6.07) is 6.58. The van der Waals surface area contributed by atoms with Crippen molar-refractivity contribution in [1.29, 1.82) is 5.41 Å². The summed E-state index contributed by atoms with van der Waals surface area (Å²) in [6.45, 7) is -0.00870. The van der Waals surface area contributed by atoms with Crippen molar-refractivity contribution in [2.75, 3.05) is 6.54 Å². The minimum atomic E-state index is -0.602. The predicted molar refractivity (Wildman–Crippen MR) is 69.1 cm³/mol. The number of amides is 3. The Morgan fingerprint density at radius 3 is 2.21 bits per heavy atom. The molecule has 0 aliphatic carbocycles. The van der Waals surface area contributed by atoms with Gasteiger partial charge in [0.15, 0.2) is 5.17 Å². The molecule has 1 atom stereocenters. The molecule has 1 aromatic rings. The summed E-state index contributed by atoms with van der Waals surface area (Å²) >= 11 is 1.02. The van der Waals surface area contributed by atoms with Gasteiger partial charge in [0, 0.05) is 0 Å². The van der Waals surface area contributed by atoms with E-state index in [1.807, 2.05) is 0 Å². The molecule has 0 saturated carbocycles. The van der Waals surface area contributed by atoms with Crippen molar-refractivity contribution in [1.82, 2.24) is 10.2 Å². The first-order valence-corrected chi connectivity index (χ1v) is 6.47. The number of nitrogens with one attached hydrogen (secondary N) is 2. The molecule has 0 bridgehead atoms. The molecule has 2 N–H and O–H groups in total. The van der Waals surface area contributed by atoms with Crippen LogP contribution in [0.2, 0.25) is 0 Å². The lowest BCUT2D eigenvalue weighted by Crippen LogP contribution is -2.39. The van der Waals surface area contributed by atoms with Crippen molar-refractivity contribution < 1.29 is 14.4 Å². The molecule has 1 unspecified atom stereocenters. The average Bonchev–Trinajstić information content (AvgIpc) is 2.83. The van der Waals surface area contributed by atoms with Gasteiger partial charge >= 0.3 is 0 Å². The number of hydrogen-bond acceptors (Lipinski definition) is 5. The number of imide groups is 1. The molecule has 0 spiro atoms. The molecule has 3 amide bonds. The molecule has 7 heteroatoms. The van der Waals surface area contributed by atoms with Crippen molar-refractivity contribution in [3.8, 4) is 0 Å². The fourth-order valence-electron chi connectivity index (χ4n) is 2.11. The summed E-state index contributed by atoms with van der Waals surface area (Å²) in [5.41, 5.74) is 0.733. The van der Waals surface area contributed by atoms with E-state index in [-0.39, 0.29) is 29.4 Å². The molecule has 0 radical (unpaired) electrons. The number of rotatable bonds is 2. The topological polar surface area (TPSA) is 90.3 Å². The van der Waals surface area contributed by atoms with Crippen LogP contribution >= 0.6 is 11.8 Å². The Kier molecular flexibility index (Phi) is 2.63. The largest absolute Gasteiger partial charge is 0.305 e. The lowest BCUT2D eigenvalue weighted by atomic mass is 10.1. The number of fused-ring (bicyclic) bond motifs is 1. The van der Waals surface area contributed by atoms with Gasteiger partial charge in [0.2, 0.25) is 5.91 Å². The van der Waals surface area contributed by atoms with Gasteiger partial charge in [-0.25, -0.2) is 0 Å². The van der Waals surface area contributed by atoms with E-state index >= 15 is 0 Å². The van der Waals surface area contributed by atoms with Crippen molar-refractivity contribution in [3.05, 3.63) is 35.4 Å². The second-order valence-corrected chi connectivity index (χ2v) is 5.40. The van der Waals surface area contributed by atoms with Crippen molar-refractivity contribution in [2.24, 2.45) is 0 Å². The molecule has 3 rings (SSSR count). The smallest absolute Gasteiger partial charge is 0.261 e. The van der Waals surface area contributed by atoms with Crippen molar-refractivity contribution in [3.63, 3.8) is 0 Å². The Balaban J connectivity index is 1.85. The van der Waals surface area contributed by atoms with Gasteiger partial charge in [0.1, 0.15) is 5.25 Å². The maximum Gasteiger partial charge on any atom is 0.261 e. The Hall–Kier alpha value is -2.15. The molecule has 6 nitrogen and oxygen atoms in total. The Labute approximate surface area is 112 Å². The lowest BCUT2D eigenvalue weighted by molar-refractivity contribution is -0.118.